The topological polar surface area (TPSA) is 201 Å². The van der Waals surface area contributed by atoms with Crippen molar-refractivity contribution < 1.29 is 39.1 Å². The second kappa shape index (κ2) is 8.70. The van der Waals surface area contributed by atoms with E-state index < -0.39 is 86.3 Å². The molecule has 4 N–H and O–H groups in total. The molecule has 2 fully saturated rings. The van der Waals surface area contributed by atoms with E-state index in [1.54, 1.807) is 18.9 Å². The van der Waals surface area contributed by atoms with Gasteiger partial charge in [-0.3, -0.25) is 39.0 Å². The summed E-state index contributed by atoms with van der Waals surface area (Å²) in [5.41, 5.74) is 1.95. The number of phenols is 1. The molecule has 3 aliphatic carbocycles. The molecule has 0 heterocycles. The standard InChI is InChI=1S/C24H28N4O9/c1-5-27(4)12-8-13(28(36)37)18(29)15-10(12)6-9-7-11-17(26(2)3)20(31)16(23(25)34)22(33)24(11,35)21(32)14(9)19(15)30/h8-9,11,14,16-17,29,35H,5-7H2,1-4H3,(H2,25,34)/t9?,11?,14?,16?,17-,24-/m0/s1. The van der Waals surface area contributed by atoms with E-state index in [0.717, 1.165) is 0 Å². The highest BCUT2D eigenvalue weighted by Crippen LogP contribution is 2.53. The summed E-state index contributed by atoms with van der Waals surface area (Å²) >= 11 is 0. The highest BCUT2D eigenvalue weighted by molar-refractivity contribution is 6.32. The summed E-state index contributed by atoms with van der Waals surface area (Å²) in [6, 6.07) is -0.0374. The molecule has 2 saturated carbocycles. The number of rotatable bonds is 5. The summed E-state index contributed by atoms with van der Waals surface area (Å²) in [4.78, 5) is 79.8. The first kappa shape index (κ1) is 26.4. The van der Waals surface area contributed by atoms with E-state index in [4.69, 9.17) is 5.73 Å². The van der Waals surface area contributed by atoms with Gasteiger partial charge < -0.3 is 20.8 Å². The largest absolute Gasteiger partial charge is 0.502 e. The lowest BCUT2D eigenvalue weighted by Crippen LogP contribution is -2.74. The third-order valence-corrected chi connectivity index (χ3v) is 8.10. The minimum absolute atomic E-state index is 0.0249. The van der Waals surface area contributed by atoms with Crippen molar-refractivity contribution in [2.45, 2.75) is 31.4 Å². The summed E-state index contributed by atoms with van der Waals surface area (Å²) in [6.45, 7) is 2.21. The van der Waals surface area contributed by atoms with Crippen molar-refractivity contribution in [3.8, 4) is 5.75 Å². The van der Waals surface area contributed by atoms with Crippen LogP contribution in [0.15, 0.2) is 6.07 Å². The van der Waals surface area contributed by atoms with E-state index in [0.29, 0.717) is 17.8 Å². The number of aliphatic hydroxyl groups is 1. The minimum Gasteiger partial charge on any atom is -0.502 e. The monoisotopic (exact) mass is 516 g/mol. The van der Waals surface area contributed by atoms with Gasteiger partial charge in [0.1, 0.15) is 0 Å². The van der Waals surface area contributed by atoms with E-state index >= 15 is 0 Å². The Hall–Kier alpha value is -3.71. The first-order chi connectivity index (χ1) is 17.2. The van der Waals surface area contributed by atoms with E-state index in [1.165, 1.54) is 25.1 Å². The molecule has 0 saturated heterocycles. The molecule has 13 nitrogen and oxygen atoms in total. The molecule has 0 aromatic heterocycles. The van der Waals surface area contributed by atoms with Crippen molar-refractivity contribution in [3.63, 3.8) is 0 Å². The lowest BCUT2D eigenvalue weighted by atomic mass is 9.52. The van der Waals surface area contributed by atoms with E-state index in [-0.39, 0.29) is 12.8 Å². The normalized spacial score (nSPS) is 31.0. The first-order valence-electron chi connectivity index (χ1n) is 11.8. The van der Waals surface area contributed by atoms with Crippen LogP contribution in [0.1, 0.15) is 29.3 Å². The van der Waals surface area contributed by atoms with E-state index in [9.17, 15) is 44.3 Å². The Balaban J connectivity index is 1.93. The Kier molecular flexibility index (Phi) is 6.20. The number of nitro groups is 1. The molecule has 0 radical (unpaired) electrons. The number of carbonyl (C=O) groups excluding carboxylic acids is 5. The number of likely N-dealkylation sites (N-methyl/N-ethyl adjacent to an activating group) is 1. The number of fused-ring (bicyclic) bond motifs is 3. The number of primary amides is 1. The lowest BCUT2D eigenvalue weighted by molar-refractivity contribution is -0.385. The van der Waals surface area contributed by atoms with Gasteiger partial charge >= 0.3 is 5.69 Å². The number of hydrogen-bond donors (Lipinski definition) is 3. The molecular weight excluding hydrogens is 488 g/mol. The number of nitrogens with zero attached hydrogens (tertiary/aromatic N) is 3. The second-order valence-corrected chi connectivity index (χ2v) is 10.2. The average molecular weight is 517 g/mol. The lowest BCUT2D eigenvalue weighted by Gasteiger charge is -2.52. The Morgan fingerprint density at radius 2 is 1.84 bits per heavy atom. The summed E-state index contributed by atoms with van der Waals surface area (Å²) < 4.78 is 0. The van der Waals surface area contributed by atoms with Crippen LogP contribution in [0.4, 0.5) is 11.4 Å². The number of benzene rings is 1. The van der Waals surface area contributed by atoms with Gasteiger partial charge in [0.25, 0.3) is 0 Å². The summed E-state index contributed by atoms with van der Waals surface area (Å²) in [6.07, 6.45) is -0.0754. The molecule has 37 heavy (non-hydrogen) atoms. The maximum absolute atomic E-state index is 13.8. The zero-order chi connectivity index (χ0) is 27.7. The van der Waals surface area contributed by atoms with Gasteiger partial charge in [-0.25, -0.2) is 0 Å². The van der Waals surface area contributed by atoms with Crippen LogP contribution in [0.5, 0.6) is 5.75 Å². The van der Waals surface area contributed by atoms with Gasteiger partial charge in [0, 0.05) is 31.3 Å². The van der Waals surface area contributed by atoms with E-state index in [1.807, 2.05) is 0 Å². The number of nitrogens with two attached hydrogens (primary N) is 1. The molecule has 1 aromatic carbocycles. The number of nitro benzene ring substituents is 1. The number of phenolic OH excluding ortho intramolecular Hbond substituents is 1. The maximum atomic E-state index is 13.8. The Morgan fingerprint density at radius 3 is 2.35 bits per heavy atom. The van der Waals surface area contributed by atoms with Gasteiger partial charge in [0.15, 0.2) is 34.7 Å². The van der Waals surface area contributed by atoms with Crippen LogP contribution in [0.3, 0.4) is 0 Å². The van der Waals surface area contributed by atoms with Gasteiger partial charge in [-0.2, -0.15) is 0 Å². The number of aromatic hydroxyl groups is 1. The molecule has 0 spiro atoms. The number of anilines is 1. The summed E-state index contributed by atoms with van der Waals surface area (Å²) in [5.74, 6) is -12.3. The number of hydrogen-bond acceptors (Lipinski definition) is 11. The molecule has 0 bridgehead atoms. The molecule has 1 aromatic rings. The van der Waals surface area contributed by atoms with E-state index in [2.05, 4.69) is 0 Å². The molecule has 13 heteroatoms. The van der Waals surface area contributed by atoms with Gasteiger partial charge in [0.05, 0.1) is 22.4 Å². The average Bonchev–Trinajstić information content (AvgIpc) is 2.80. The summed E-state index contributed by atoms with van der Waals surface area (Å²) in [5, 5.41) is 33.9. The van der Waals surface area contributed by atoms with Gasteiger partial charge in [-0.1, -0.05) is 0 Å². The van der Waals surface area contributed by atoms with Crippen LogP contribution in [0.25, 0.3) is 0 Å². The number of amides is 1. The third kappa shape index (κ3) is 3.48. The number of Topliss-reactive ketones (excluding diaryl/α,β-unsaturated/α-hetero) is 4. The molecule has 1 amide bonds. The predicted molar refractivity (Wildman–Crippen MR) is 127 cm³/mol. The fourth-order valence-corrected chi connectivity index (χ4v) is 6.29. The van der Waals surface area contributed by atoms with Crippen LogP contribution in [-0.4, -0.2) is 88.4 Å². The SMILES string of the molecule is CCN(C)c1cc([N+](=O)[O-])c(O)c2c1CC1CC3[C@H](N(C)C)C(=O)C(C(N)=O)C(=O)[C@@]3(O)C(=O)C1C2=O. The Morgan fingerprint density at radius 1 is 1.22 bits per heavy atom. The Bertz CT molecular complexity index is 1280. The van der Waals surface area contributed by atoms with Gasteiger partial charge in [-0.05, 0) is 45.3 Å². The highest BCUT2D eigenvalue weighted by Gasteiger charge is 2.69. The summed E-state index contributed by atoms with van der Waals surface area (Å²) in [7, 11) is 4.66. The van der Waals surface area contributed by atoms with Crippen molar-refractivity contribution in [2.24, 2.45) is 29.4 Å². The predicted octanol–water partition coefficient (Wildman–Crippen LogP) is -0.769. The van der Waals surface area contributed by atoms with Crippen molar-refractivity contribution >= 4 is 40.4 Å². The first-order valence-corrected chi connectivity index (χ1v) is 11.8. The molecular formula is C24H28N4O9. The molecule has 198 valence electrons. The van der Waals surface area contributed by atoms with Crippen molar-refractivity contribution in [1.29, 1.82) is 0 Å². The van der Waals surface area contributed by atoms with Crippen molar-refractivity contribution in [3.05, 3.63) is 27.3 Å². The zero-order valence-electron chi connectivity index (χ0n) is 20.8. The minimum atomic E-state index is -2.85. The highest BCUT2D eigenvalue weighted by atomic mass is 16.6. The van der Waals surface area contributed by atoms with Crippen LogP contribution in [-0.2, 0) is 25.6 Å². The van der Waals surface area contributed by atoms with Crippen LogP contribution >= 0.6 is 0 Å². The van der Waals surface area contributed by atoms with Crippen molar-refractivity contribution in [1.82, 2.24) is 4.90 Å². The number of ketones is 4. The quantitative estimate of drug-likeness (QED) is 0.252. The zero-order valence-corrected chi connectivity index (χ0v) is 20.8. The molecule has 4 rings (SSSR count). The molecule has 0 aliphatic heterocycles. The third-order valence-electron chi connectivity index (χ3n) is 8.10. The second-order valence-electron chi connectivity index (χ2n) is 10.2. The van der Waals surface area contributed by atoms with Crippen LogP contribution in [0, 0.1) is 33.8 Å². The van der Waals surface area contributed by atoms with Gasteiger partial charge in [0.2, 0.25) is 11.7 Å². The van der Waals surface area contributed by atoms with Gasteiger partial charge in [-0.15, -0.1) is 0 Å². The molecule has 6 atom stereocenters. The van der Waals surface area contributed by atoms with Crippen LogP contribution in [0.2, 0.25) is 0 Å². The van der Waals surface area contributed by atoms with Crippen molar-refractivity contribution in [2.75, 3.05) is 32.6 Å². The molecule has 3 aliphatic rings. The van der Waals surface area contributed by atoms with Crippen LogP contribution < -0.4 is 10.6 Å². The fourth-order valence-electron chi connectivity index (χ4n) is 6.29. The fraction of sp³-hybridized carbons (Fsp3) is 0.542. The number of carbonyl (C=O) groups is 5. The maximum Gasteiger partial charge on any atom is 0.313 e. The Labute approximate surface area is 211 Å². The smallest absolute Gasteiger partial charge is 0.313 e. The molecule has 4 unspecified atom stereocenters.